The molecule has 22 heavy (non-hydrogen) atoms. The number of benzene rings is 1. The van der Waals surface area contributed by atoms with Crippen LogP contribution >= 0.6 is 12.4 Å². The van der Waals surface area contributed by atoms with Crippen molar-refractivity contribution >= 4 is 24.0 Å². The summed E-state index contributed by atoms with van der Waals surface area (Å²) in [7, 11) is 0. The van der Waals surface area contributed by atoms with Crippen LogP contribution in [0.1, 0.15) is 31.4 Å². The number of carbonyl (C=O) groups is 1. The van der Waals surface area contributed by atoms with E-state index in [2.05, 4.69) is 5.32 Å². The number of nitrogens with two attached hydrogens (primary N) is 1. The fraction of sp³-hybridized carbons (Fsp3) is 0.500. The van der Waals surface area contributed by atoms with E-state index in [0.29, 0.717) is 31.6 Å². The summed E-state index contributed by atoms with van der Waals surface area (Å²) in [5, 5.41) is 13.6. The lowest BCUT2D eigenvalue weighted by Gasteiger charge is -2.33. The Bertz CT molecular complexity index is 547. The topological polar surface area (TPSA) is 107 Å². The molecule has 1 unspecified atom stereocenters. The van der Waals surface area contributed by atoms with Crippen LogP contribution in [0.4, 0.5) is 5.69 Å². The number of nitrogens with zero attached hydrogens (tertiary/aromatic N) is 1. The molecule has 1 aliphatic heterocycles. The SMILES string of the molecule is CC(NC(=O)C1(N)CCOCC1)c1cccc([N+](=O)[O-])c1.Cl. The van der Waals surface area contributed by atoms with E-state index in [9.17, 15) is 14.9 Å². The first-order valence-electron chi connectivity index (χ1n) is 6.84. The highest BCUT2D eigenvalue weighted by Gasteiger charge is 2.36. The minimum Gasteiger partial charge on any atom is -0.381 e. The number of ether oxygens (including phenoxy) is 1. The molecule has 1 amide bonds. The Balaban J connectivity index is 0.00000242. The van der Waals surface area contributed by atoms with E-state index in [1.165, 1.54) is 12.1 Å². The van der Waals surface area contributed by atoms with Gasteiger partial charge in [0.25, 0.3) is 5.69 Å². The highest BCUT2D eigenvalue weighted by molar-refractivity contribution is 5.86. The average molecular weight is 330 g/mol. The van der Waals surface area contributed by atoms with Gasteiger partial charge in [-0.25, -0.2) is 0 Å². The van der Waals surface area contributed by atoms with E-state index < -0.39 is 10.5 Å². The number of halogens is 1. The van der Waals surface area contributed by atoms with Gasteiger partial charge in [-0.3, -0.25) is 14.9 Å². The molecule has 7 nitrogen and oxygen atoms in total. The van der Waals surface area contributed by atoms with E-state index >= 15 is 0 Å². The largest absolute Gasteiger partial charge is 0.381 e. The Morgan fingerprint density at radius 3 is 2.68 bits per heavy atom. The quantitative estimate of drug-likeness (QED) is 0.645. The van der Waals surface area contributed by atoms with Crippen molar-refractivity contribution in [1.82, 2.24) is 5.32 Å². The molecule has 0 saturated carbocycles. The molecule has 0 spiro atoms. The third-order valence-electron chi connectivity index (χ3n) is 3.77. The number of hydrogen-bond acceptors (Lipinski definition) is 5. The van der Waals surface area contributed by atoms with Crippen molar-refractivity contribution in [2.75, 3.05) is 13.2 Å². The zero-order valence-corrected chi connectivity index (χ0v) is 13.1. The second-order valence-corrected chi connectivity index (χ2v) is 5.32. The van der Waals surface area contributed by atoms with Gasteiger partial charge in [0.15, 0.2) is 0 Å². The average Bonchev–Trinajstić information content (AvgIpc) is 2.48. The van der Waals surface area contributed by atoms with Crippen LogP contribution in [0.2, 0.25) is 0 Å². The molecule has 8 heteroatoms. The zero-order chi connectivity index (χ0) is 15.5. The van der Waals surface area contributed by atoms with E-state index in [1.54, 1.807) is 19.1 Å². The smallest absolute Gasteiger partial charge is 0.269 e. The highest BCUT2D eigenvalue weighted by atomic mass is 35.5. The summed E-state index contributed by atoms with van der Waals surface area (Å²) in [5.74, 6) is -0.246. The van der Waals surface area contributed by atoms with Crippen LogP contribution in [-0.2, 0) is 9.53 Å². The van der Waals surface area contributed by atoms with E-state index in [-0.39, 0.29) is 30.0 Å². The molecule has 0 aliphatic carbocycles. The van der Waals surface area contributed by atoms with Crippen LogP contribution in [0.5, 0.6) is 0 Å². The summed E-state index contributed by atoms with van der Waals surface area (Å²) in [6.07, 6.45) is 0.945. The number of non-ortho nitro benzene ring substituents is 1. The molecule has 2 rings (SSSR count). The number of nitro benzene ring substituents is 1. The molecule has 1 aliphatic rings. The maximum absolute atomic E-state index is 12.3. The van der Waals surface area contributed by atoms with Crippen LogP contribution in [-0.4, -0.2) is 29.6 Å². The van der Waals surface area contributed by atoms with Crippen LogP contribution in [0.25, 0.3) is 0 Å². The Morgan fingerprint density at radius 1 is 1.45 bits per heavy atom. The van der Waals surface area contributed by atoms with Gasteiger partial charge < -0.3 is 15.8 Å². The summed E-state index contributed by atoms with van der Waals surface area (Å²) < 4.78 is 5.21. The first-order valence-corrected chi connectivity index (χ1v) is 6.84. The molecular weight excluding hydrogens is 310 g/mol. The van der Waals surface area contributed by atoms with E-state index in [0.717, 1.165) is 0 Å². The standard InChI is InChI=1S/C14H19N3O4.ClH/c1-10(11-3-2-4-12(9-11)17(19)20)16-13(18)14(15)5-7-21-8-6-14;/h2-4,9-10H,5-8,15H2,1H3,(H,16,18);1H. The predicted molar refractivity (Wildman–Crippen MR) is 83.9 cm³/mol. The van der Waals surface area contributed by atoms with Gasteiger partial charge in [-0.1, -0.05) is 12.1 Å². The van der Waals surface area contributed by atoms with Crippen molar-refractivity contribution in [2.45, 2.75) is 31.3 Å². The Hall–Kier alpha value is -1.70. The van der Waals surface area contributed by atoms with Gasteiger partial charge in [-0.05, 0) is 25.3 Å². The van der Waals surface area contributed by atoms with Crippen molar-refractivity contribution < 1.29 is 14.5 Å². The highest BCUT2D eigenvalue weighted by Crippen LogP contribution is 2.22. The number of nitro groups is 1. The molecule has 1 aromatic rings. The van der Waals surface area contributed by atoms with Gasteiger partial charge >= 0.3 is 0 Å². The lowest BCUT2D eigenvalue weighted by Crippen LogP contribution is -2.57. The Labute approximate surface area is 134 Å². The summed E-state index contributed by atoms with van der Waals surface area (Å²) in [5.41, 5.74) is 5.86. The number of nitrogens with one attached hydrogen (secondary N) is 1. The molecule has 0 radical (unpaired) electrons. The van der Waals surface area contributed by atoms with Gasteiger partial charge in [0.1, 0.15) is 0 Å². The molecule has 1 atom stereocenters. The Morgan fingerprint density at radius 2 is 2.09 bits per heavy atom. The second-order valence-electron chi connectivity index (χ2n) is 5.32. The van der Waals surface area contributed by atoms with E-state index in [4.69, 9.17) is 10.5 Å². The zero-order valence-electron chi connectivity index (χ0n) is 12.3. The third-order valence-corrected chi connectivity index (χ3v) is 3.77. The van der Waals surface area contributed by atoms with Gasteiger partial charge in [-0.15, -0.1) is 12.4 Å². The van der Waals surface area contributed by atoms with Crippen LogP contribution in [0, 0.1) is 10.1 Å². The molecule has 1 aromatic carbocycles. The maximum atomic E-state index is 12.3. The molecule has 122 valence electrons. The third kappa shape index (κ3) is 4.16. The predicted octanol–water partition coefficient (Wildman–Crippen LogP) is 1.70. The first kappa shape index (κ1) is 18.3. The van der Waals surface area contributed by atoms with E-state index in [1.807, 2.05) is 0 Å². The molecular formula is C14H20ClN3O4. The maximum Gasteiger partial charge on any atom is 0.269 e. The molecule has 1 heterocycles. The Kier molecular flexibility index (Phi) is 6.28. The summed E-state index contributed by atoms with van der Waals surface area (Å²) in [4.78, 5) is 22.6. The molecule has 0 bridgehead atoms. The fourth-order valence-electron chi connectivity index (χ4n) is 2.29. The van der Waals surface area contributed by atoms with Gasteiger partial charge in [-0.2, -0.15) is 0 Å². The van der Waals surface area contributed by atoms with Gasteiger partial charge in [0.05, 0.1) is 16.5 Å². The second kappa shape index (κ2) is 7.53. The first-order chi connectivity index (χ1) is 9.92. The van der Waals surface area contributed by atoms with Crippen molar-refractivity contribution in [3.63, 3.8) is 0 Å². The number of carbonyl (C=O) groups excluding carboxylic acids is 1. The minimum absolute atomic E-state index is 0. The molecule has 1 fully saturated rings. The lowest BCUT2D eigenvalue weighted by molar-refractivity contribution is -0.384. The lowest BCUT2D eigenvalue weighted by atomic mass is 9.90. The number of amides is 1. The summed E-state index contributed by atoms with van der Waals surface area (Å²) in [6.45, 7) is 2.71. The molecule has 3 N–H and O–H groups in total. The minimum atomic E-state index is -0.923. The number of hydrogen-bond donors (Lipinski definition) is 2. The van der Waals surface area contributed by atoms with Crippen molar-refractivity contribution in [3.05, 3.63) is 39.9 Å². The van der Waals surface area contributed by atoms with Crippen LogP contribution in [0.15, 0.2) is 24.3 Å². The van der Waals surface area contributed by atoms with Gasteiger partial charge in [0.2, 0.25) is 5.91 Å². The van der Waals surface area contributed by atoms with Crippen molar-refractivity contribution in [3.8, 4) is 0 Å². The summed E-state index contributed by atoms with van der Waals surface area (Å²) in [6, 6.07) is 5.87. The molecule has 0 aromatic heterocycles. The summed E-state index contributed by atoms with van der Waals surface area (Å²) >= 11 is 0. The monoisotopic (exact) mass is 329 g/mol. The van der Waals surface area contributed by atoms with Crippen LogP contribution in [0.3, 0.4) is 0 Å². The normalized spacial score (nSPS) is 17.9. The van der Waals surface area contributed by atoms with Crippen LogP contribution < -0.4 is 11.1 Å². The fourth-order valence-corrected chi connectivity index (χ4v) is 2.29. The van der Waals surface area contributed by atoms with Crippen molar-refractivity contribution in [2.24, 2.45) is 5.73 Å². The van der Waals surface area contributed by atoms with Gasteiger partial charge in [0, 0.05) is 25.3 Å². The van der Waals surface area contributed by atoms with Crippen molar-refractivity contribution in [1.29, 1.82) is 0 Å². The number of rotatable bonds is 4. The molecule has 1 saturated heterocycles.